The smallest absolute Gasteiger partial charge is 0.346 e. The molecule has 0 fully saturated rings. The summed E-state index contributed by atoms with van der Waals surface area (Å²) in [6, 6.07) is 12.5. The van der Waals surface area contributed by atoms with Crippen LogP contribution in [0.1, 0.15) is 33.6 Å². The number of carbonyl (C=O) groups is 4. The summed E-state index contributed by atoms with van der Waals surface area (Å²) < 4.78 is 59.8. The number of ether oxygens (including phenoxy) is 6. The Labute approximate surface area is 251 Å². The Morgan fingerprint density at radius 3 is 1.27 bits per heavy atom. The van der Waals surface area contributed by atoms with Crippen LogP contribution in [-0.4, -0.2) is 50.3 Å². The Morgan fingerprint density at radius 2 is 0.932 bits per heavy atom. The van der Waals surface area contributed by atoms with Crippen molar-refractivity contribution in [2.45, 2.75) is 12.8 Å². The summed E-state index contributed by atoms with van der Waals surface area (Å²) in [5.41, 5.74) is -0.682. The van der Waals surface area contributed by atoms with Crippen molar-refractivity contribution in [3.8, 4) is 23.0 Å². The largest absolute Gasteiger partial charge is 0.493 e. The van der Waals surface area contributed by atoms with Crippen molar-refractivity contribution in [1.29, 1.82) is 0 Å². The summed E-state index contributed by atoms with van der Waals surface area (Å²) in [5, 5.41) is 0. The Bertz CT molecular complexity index is 1390. The minimum Gasteiger partial charge on any atom is -0.493 e. The molecule has 0 unspecified atom stereocenters. The lowest BCUT2D eigenvalue weighted by Gasteiger charge is -2.10. The fourth-order valence-corrected chi connectivity index (χ4v) is 3.36. The van der Waals surface area contributed by atoms with Crippen LogP contribution in [0.4, 0.5) is 8.78 Å². The summed E-state index contributed by atoms with van der Waals surface area (Å²) >= 11 is 0. The van der Waals surface area contributed by atoms with Gasteiger partial charge < -0.3 is 28.4 Å². The van der Waals surface area contributed by atoms with E-state index in [0.29, 0.717) is 12.8 Å². The van der Waals surface area contributed by atoms with E-state index in [9.17, 15) is 28.0 Å². The molecule has 0 spiro atoms. The van der Waals surface area contributed by atoms with Gasteiger partial charge in [0.1, 0.15) is 34.6 Å². The number of benzene rings is 3. The lowest BCUT2D eigenvalue weighted by molar-refractivity contribution is -0.138. The highest BCUT2D eigenvalue weighted by Crippen LogP contribution is 2.23. The number of rotatable bonds is 16. The molecule has 0 heterocycles. The van der Waals surface area contributed by atoms with Gasteiger partial charge in [0.25, 0.3) is 0 Å². The SMILES string of the molecule is C=CC(=O)OCCCOc1ccc(C(=O)Oc2ccc(OC(=O)c3ccc(OCCCOC(=O)C=C)cc3F)cc2)c(F)c1. The van der Waals surface area contributed by atoms with Crippen LogP contribution in [0.25, 0.3) is 0 Å². The van der Waals surface area contributed by atoms with E-state index in [1.165, 1.54) is 48.5 Å². The lowest BCUT2D eigenvalue weighted by atomic mass is 10.2. The maximum Gasteiger partial charge on any atom is 0.346 e. The van der Waals surface area contributed by atoms with E-state index in [0.717, 1.165) is 24.3 Å². The van der Waals surface area contributed by atoms with Crippen LogP contribution >= 0.6 is 0 Å². The molecule has 0 aliphatic rings. The normalized spacial score (nSPS) is 10.2. The first-order chi connectivity index (χ1) is 21.2. The Morgan fingerprint density at radius 1 is 0.568 bits per heavy atom. The van der Waals surface area contributed by atoms with Gasteiger partial charge >= 0.3 is 23.9 Å². The quantitative estimate of drug-likeness (QED) is 0.0902. The highest BCUT2D eigenvalue weighted by Gasteiger charge is 2.17. The summed E-state index contributed by atoms with van der Waals surface area (Å²) in [6.07, 6.45) is 2.81. The third-order valence-electron chi connectivity index (χ3n) is 5.50. The second-order valence-corrected chi connectivity index (χ2v) is 8.68. The van der Waals surface area contributed by atoms with E-state index in [-0.39, 0.29) is 60.6 Å². The number of halogens is 2. The molecule has 3 rings (SSSR count). The predicted molar refractivity (Wildman–Crippen MR) is 152 cm³/mol. The van der Waals surface area contributed by atoms with Gasteiger partial charge in [0.05, 0.1) is 37.6 Å². The van der Waals surface area contributed by atoms with Crippen LogP contribution in [0, 0.1) is 11.6 Å². The molecule has 0 radical (unpaired) electrons. The van der Waals surface area contributed by atoms with Crippen LogP contribution < -0.4 is 18.9 Å². The van der Waals surface area contributed by atoms with E-state index in [4.69, 9.17) is 28.4 Å². The molecule has 0 N–H and O–H groups in total. The molecule has 0 bridgehead atoms. The van der Waals surface area contributed by atoms with Gasteiger partial charge in [-0.1, -0.05) is 13.2 Å². The zero-order chi connectivity index (χ0) is 31.9. The molecular weight excluding hydrogens is 582 g/mol. The predicted octanol–water partition coefficient (Wildman–Crippen LogP) is 5.40. The maximum absolute atomic E-state index is 14.5. The highest BCUT2D eigenvalue weighted by molar-refractivity contribution is 5.92. The molecule has 0 aromatic heterocycles. The molecular formula is C32H28F2O10. The second-order valence-electron chi connectivity index (χ2n) is 8.68. The number of carbonyl (C=O) groups excluding carboxylic acids is 4. The van der Waals surface area contributed by atoms with E-state index < -0.39 is 35.5 Å². The summed E-state index contributed by atoms with van der Waals surface area (Å²) in [6.45, 7) is 7.07. The van der Waals surface area contributed by atoms with Gasteiger partial charge in [-0.15, -0.1) is 0 Å². The van der Waals surface area contributed by atoms with Gasteiger partial charge in [-0.05, 0) is 48.5 Å². The van der Waals surface area contributed by atoms with Crippen molar-refractivity contribution in [2.24, 2.45) is 0 Å². The molecule has 3 aromatic rings. The molecule has 44 heavy (non-hydrogen) atoms. The molecule has 0 aliphatic heterocycles. The number of hydrogen-bond acceptors (Lipinski definition) is 10. The maximum atomic E-state index is 14.5. The summed E-state index contributed by atoms with van der Waals surface area (Å²) in [5.74, 6) is -4.39. The van der Waals surface area contributed by atoms with E-state index in [1.807, 2.05) is 0 Å². The van der Waals surface area contributed by atoms with Crippen LogP contribution in [0.3, 0.4) is 0 Å². The van der Waals surface area contributed by atoms with Crippen LogP contribution in [0.15, 0.2) is 86.0 Å². The molecule has 12 heteroatoms. The minimum absolute atomic E-state index is 0.0375. The molecule has 0 saturated carbocycles. The number of esters is 4. The fraction of sp³-hybridized carbons (Fsp3) is 0.188. The Balaban J connectivity index is 1.47. The van der Waals surface area contributed by atoms with Gasteiger partial charge in [-0.2, -0.15) is 0 Å². The summed E-state index contributed by atoms with van der Waals surface area (Å²) in [4.78, 5) is 46.9. The van der Waals surface area contributed by atoms with Crippen molar-refractivity contribution in [3.05, 3.63) is 109 Å². The van der Waals surface area contributed by atoms with Gasteiger partial charge in [0.15, 0.2) is 0 Å². The van der Waals surface area contributed by atoms with Gasteiger partial charge in [0.2, 0.25) is 0 Å². The average Bonchev–Trinajstić information content (AvgIpc) is 3.01. The van der Waals surface area contributed by atoms with Gasteiger partial charge in [-0.25, -0.2) is 28.0 Å². The third-order valence-corrected chi connectivity index (χ3v) is 5.50. The van der Waals surface area contributed by atoms with Crippen molar-refractivity contribution in [3.63, 3.8) is 0 Å². The van der Waals surface area contributed by atoms with Crippen LogP contribution in [0.5, 0.6) is 23.0 Å². The zero-order valence-corrected chi connectivity index (χ0v) is 23.4. The first kappa shape index (κ1) is 33.0. The fourth-order valence-electron chi connectivity index (χ4n) is 3.36. The van der Waals surface area contributed by atoms with Crippen molar-refractivity contribution in [2.75, 3.05) is 26.4 Å². The van der Waals surface area contributed by atoms with Gasteiger partial charge in [-0.3, -0.25) is 0 Å². The average molecular weight is 611 g/mol. The van der Waals surface area contributed by atoms with Crippen molar-refractivity contribution < 1.29 is 56.4 Å². The van der Waals surface area contributed by atoms with Gasteiger partial charge in [0, 0.05) is 37.1 Å². The third kappa shape index (κ3) is 10.4. The van der Waals surface area contributed by atoms with E-state index in [1.54, 1.807) is 0 Å². The van der Waals surface area contributed by atoms with Crippen molar-refractivity contribution >= 4 is 23.9 Å². The monoisotopic (exact) mass is 610 g/mol. The van der Waals surface area contributed by atoms with Crippen LogP contribution in [-0.2, 0) is 19.1 Å². The Hall–Kier alpha value is -5.52. The molecule has 0 amide bonds. The first-order valence-corrected chi connectivity index (χ1v) is 13.2. The first-order valence-electron chi connectivity index (χ1n) is 13.2. The van der Waals surface area contributed by atoms with E-state index >= 15 is 0 Å². The standard InChI is InChI=1S/C32H28F2O10/c1-3-29(35)41-17-5-15-39-23-11-13-25(27(33)19-23)31(37)43-21-7-9-22(10-8-21)44-32(38)26-14-12-24(20-28(26)34)40-16-6-18-42-30(36)4-2/h3-4,7-14,19-20H,1-2,5-6,15-18H2. The highest BCUT2D eigenvalue weighted by atomic mass is 19.1. The molecule has 0 saturated heterocycles. The molecule has 230 valence electrons. The Kier molecular flexibility index (Phi) is 12.6. The van der Waals surface area contributed by atoms with Crippen molar-refractivity contribution in [1.82, 2.24) is 0 Å². The second kappa shape index (κ2) is 16.8. The van der Waals surface area contributed by atoms with E-state index in [2.05, 4.69) is 13.2 Å². The lowest BCUT2D eigenvalue weighted by Crippen LogP contribution is -2.12. The molecule has 0 atom stereocenters. The number of hydrogen-bond donors (Lipinski definition) is 0. The topological polar surface area (TPSA) is 124 Å². The molecule has 0 aliphatic carbocycles. The molecule has 3 aromatic carbocycles. The summed E-state index contributed by atoms with van der Waals surface area (Å²) in [7, 11) is 0. The van der Waals surface area contributed by atoms with Crippen LogP contribution in [0.2, 0.25) is 0 Å². The zero-order valence-electron chi connectivity index (χ0n) is 23.4. The minimum atomic E-state index is -0.975. The molecule has 10 nitrogen and oxygen atoms in total.